The molecule has 0 spiro atoms. The van der Waals surface area contributed by atoms with E-state index in [9.17, 15) is 0 Å². The van der Waals surface area contributed by atoms with Gasteiger partial charge in [0.05, 0.1) is 5.69 Å². The van der Waals surface area contributed by atoms with Crippen molar-refractivity contribution in [3.8, 4) is 5.75 Å². The van der Waals surface area contributed by atoms with E-state index in [1.54, 1.807) is 6.20 Å². The lowest BCUT2D eigenvalue weighted by Crippen LogP contribution is -2.20. The van der Waals surface area contributed by atoms with E-state index in [-0.39, 0.29) is 0 Å². The molecule has 1 heterocycles. The lowest BCUT2D eigenvalue weighted by atomic mass is 10.1. The van der Waals surface area contributed by atoms with Gasteiger partial charge in [-0.25, -0.2) is 0 Å². The Morgan fingerprint density at radius 2 is 1.86 bits per heavy atom. The van der Waals surface area contributed by atoms with Crippen LogP contribution in [0, 0.1) is 12.8 Å². The number of nitrogens with zero attached hydrogens (tertiary/aromatic N) is 1. The van der Waals surface area contributed by atoms with Crippen LogP contribution < -0.4 is 10.1 Å². The van der Waals surface area contributed by atoms with Gasteiger partial charge in [0, 0.05) is 12.7 Å². The Morgan fingerprint density at radius 1 is 1.10 bits per heavy atom. The first-order chi connectivity index (χ1) is 10.2. The monoisotopic (exact) mass is 284 g/mol. The second kappa shape index (κ2) is 7.79. The van der Waals surface area contributed by atoms with Crippen LogP contribution in [0.2, 0.25) is 0 Å². The average Bonchev–Trinajstić information content (AvgIpc) is 2.47. The predicted molar refractivity (Wildman–Crippen MR) is 86.3 cm³/mol. The lowest BCUT2D eigenvalue weighted by Gasteiger charge is -2.13. The second-order valence-corrected chi connectivity index (χ2v) is 5.67. The van der Waals surface area contributed by atoms with Gasteiger partial charge in [0.15, 0.2) is 0 Å². The van der Waals surface area contributed by atoms with Crippen LogP contribution in [-0.4, -0.2) is 11.5 Å². The zero-order chi connectivity index (χ0) is 15.1. The SMILES string of the molecule is Cc1ncccc1OCc1ccccc1CNCC(C)C. The summed E-state index contributed by atoms with van der Waals surface area (Å²) in [5.41, 5.74) is 3.43. The average molecular weight is 284 g/mol. The van der Waals surface area contributed by atoms with Crippen molar-refractivity contribution < 1.29 is 4.74 Å². The summed E-state index contributed by atoms with van der Waals surface area (Å²) in [7, 11) is 0. The number of benzene rings is 1. The molecule has 0 saturated carbocycles. The largest absolute Gasteiger partial charge is 0.487 e. The summed E-state index contributed by atoms with van der Waals surface area (Å²) >= 11 is 0. The predicted octanol–water partition coefficient (Wildman–Crippen LogP) is 3.71. The van der Waals surface area contributed by atoms with Crippen LogP contribution in [0.1, 0.15) is 30.7 Å². The lowest BCUT2D eigenvalue weighted by molar-refractivity contribution is 0.301. The molecule has 1 aromatic carbocycles. The fourth-order valence-corrected chi connectivity index (χ4v) is 2.14. The molecular weight excluding hydrogens is 260 g/mol. The van der Waals surface area contributed by atoms with E-state index in [0.717, 1.165) is 24.5 Å². The molecule has 0 radical (unpaired) electrons. The molecule has 0 atom stereocenters. The third-order valence-electron chi connectivity index (χ3n) is 3.33. The van der Waals surface area contributed by atoms with Crippen LogP contribution in [0.5, 0.6) is 5.75 Å². The van der Waals surface area contributed by atoms with Crippen LogP contribution in [0.3, 0.4) is 0 Å². The first-order valence-corrected chi connectivity index (χ1v) is 7.48. The number of nitrogens with one attached hydrogen (secondary N) is 1. The van der Waals surface area contributed by atoms with Crippen molar-refractivity contribution in [1.29, 1.82) is 0 Å². The summed E-state index contributed by atoms with van der Waals surface area (Å²) in [4.78, 5) is 4.25. The number of pyridine rings is 1. The van der Waals surface area contributed by atoms with E-state index in [4.69, 9.17) is 4.74 Å². The molecule has 3 heteroatoms. The summed E-state index contributed by atoms with van der Waals surface area (Å²) < 4.78 is 5.90. The number of hydrogen-bond acceptors (Lipinski definition) is 3. The third kappa shape index (κ3) is 4.87. The highest BCUT2D eigenvalue weighted by Gasteiger charge is 2.05. The summed E-state index contributed by atoms with van der Waals surface area (Å²) in [5.74, 6) is 1.51. The highest BCUT2D eigenvalue weighted by Crippen LogP contribution is 2.17. The van der Waals surface area contributed by atoms with Gasteiger partial charge in [-0.3, -0.25) is 4.98 Å². The third-order valence-corrected chi connectivity index (χ3v) is 3.33. The van der Waals surface area contributed by atoms with Crippen molar-refractivity contribution in [2.75, 3.05) is 6.54 Å². The maximum Gasteiger partial charge on any atom is 0.141 e. The van der Waals surface area contributed by atoms with Gasteiger partial charge in [0.1, 0.15) is 12.4 Å². The summed E-state index contributed by atoms with van der Waals surface area (Å²) in [6, 6.07) is 12.3. The minimum absolute atomic E-state index is 0.575. The molecule has 0 saturated heterocycles. The Hall–Kier alpha value is -1.87. The maximum absolute atomic E-state index is 5.90. The van der Waals surface area contributed by atoms with Crippen molar-refractivity contribution in [2.45, 2.75) is 33.9 Å². The van der Waals surface area contributed by atoms with Crippen LogP contribution in [-0.2, 0) is 13.2 Å². The molecule has 112 valence electrons. The first kappa shape index (κ1) is 15.5. The molecule has 0 aliphatic heterocycles. The number of ether oxygens (including phenoxy) is 1. The van der Waals surface area contributed by atoms with Gasteiger partial charge < -0.3 is 10.1 Å². The van der Waals surface area contributed by atoms with Crippen molar-refractivity contribution >= 4 is 0 Å². The zero-order valence-electron chi connectivity index (χ0n) is 13.1. The standard InChI is InChI=1S/C18H24N2O/c1-14(2)11-19-12-16-7-4-5-8-17(16)13-21-18-9-6-10-20-15(18)3/h4-10,14,19H,11-13H2,1-3H3. The molecular formula is C18H24N2O. The van der Waals surface area contributed by atoms with E-state index in [2.05, 4.69) is 48.4 Å². The topological polar surface area (TPSA) is 34.1 Å². The Balaban J connectivity index is 1.98. The van der Waals surface area contributed by atoms with Crippen LogP contribution in [0.15, 0.2) is 42.6 Å². The molecule has 0 bridgehead atoms. The number of aromatic nitrogens is 1. The van der Waals surface area contributed by atoms with Gasteiger partial charge in [0.2, 0.25) is 0 Å². The molecule has 3 nitrogen and oxygen atoms in total. The van der Waals surface area contributed by atoms with Crippen molar-refractivity contribution in [3.63, 3.8) is 0 Å². The molecule has 1 N–H and O–H groups in total. The molecule has 2 aromatic rings. The van der Waals surface area contributed by atoms with Crippen LogP contribution >= 0.6 is 0 Å². The fraction of sp³-hybridized carbons (Fsp3) is 0.389. The number of rotatable bonds is 7. The van der Waals surface area contributed by atoms with E-state index < -0.39 is 0 Å². The molecule has 21 heavy (non-hydrogen) atoms. The Kier molecular flexibility index (Phi) is 5.76. The summed E-state index contributed by atoms with van der Waals surface area (Å²) in [6.45, 7) is 8.87. The molecule has 0 amide bonds. The smallest absolute Gasteiger partial charge is 0.141 e. The van der Waals surface area contributed by atoms with Gasteiger partial charge in [-0.05, 0) is 42.6 Å². The normalized spacial score (nSPS) is 10.9. The first-order valence-electron chi connectivity index (χ1n) is 7.48. The van der Waals surface area contributed by atoms with Gasteiger partial charge in [-0.2, -0.15) is 0 Å². The number of hydrogen-bond donors (Lipinski definition) is 1. The van der Waals surface area contributed by atoms with E-state index >= 15 is 0 Å². The van der Waals surface area contributed by atoms with Crippen LogP contribution in [0.4, 0.5) is 0 Å². The van der Waals surface area contributed by atoms with Gasteiger partial charge >= 0.3 is 0 Å². The molecule has 2 rings (SSSR count). The second-order valence-electron chi connectivity index (χ2n) is 5.67. The minimum atomic E-state index is 0.575. The summed E-state index contributed by atoms with van der Waals surface area (Å²) in [5, 5.41) is 3.48. The summed E-state index contributed by atoms with van der Waals surface area (Å²) in [6.07, 6.45) is 1.78. The van der Waals surface area contributed by atoms with Crippen LogP contribution in [0.25, 0.3) is 0 Å². The van der Waals surface area contributed by atoms with E-state index in [0.29, 0.717) is 12.5 Å². The van der Waals surface area contributed by atoms with Gasteiger partial charge in [0.25, 0.3) is 0 Å². The molecule has 0 unspecified atom stereocenters. The fourth-order valence-electron chi connectivity index (χ4n) is 2.14. The number of aryl methyl sites for hydroxylation is 1. The van der Waals surface area contributed by atoms with Crippen molar-refractivity contribution in [2.24, 2.45) is 5.92 Å². The van der Waals surface area contributed by atoms with Gasteiger partial charge in [-0.1, -0.05) is 38.1 Å². The highest BCUT2D eigenvalue weighted by atomic mass is 16.5. The van der Waals surface area contributed by atoms with Crippen molar-refractivity contribution in [3.05, 3.63) is 59.4 Å². The quantitative estimate of drug-likeness (QED) is 0.841. The van der Waals surface area contributed by atoms with E-state index in [1.165, 1.54) is 11.1 Å². The Bertz CT molecular complexity index is 567. The van der Waals surface area contributed by atoms with Gasteiger partial charge in [-0.15, -0.1) is 0 Å². The minimum Gasteiger partial charge on any atom is -0.487 e. The molecule has 0 aliphatic carbocycles. The highest BCUT2D eigenvalue weighted by molar-refractivity contribution is 5.29. The van der Waals surface area contributed by atoms with Crippen molar-refractivity contribution in [1.82, 2.24) is 10.3 Å². The molecule has 1 aromatic heterocycles. The maximum atomic E-state index is 5.90. The molecule has 0 fully saturated rings. The van der Waals surface area contributed by atoms with E-state index in [1.807, 2.05) is 19.1 Å². The Morgan fingerprint density at radius 3 is 2.57 bits per heavy atom. The Labute approximate surface area is 127 Å². The molecule has 0 aliphatic rings. The zero-order valence-corrected chi connectivity index (χ0v) is 13.1.